The zero-order chi connectivity index (χ0) is 29.6. The van der Waals surface area contributed by atoms with Gasteiger partial charge >= 0.3 is 11.9 Å². The second-order valence-corrected chi connectivity index (χ2v) is 10.4. The van der Waals surface area contributed by atoms with Crippen LogP contribution in [0.5, 0.6) is 0 Å². The minimum Gasteiger partial charge on any atom is -0.269 e. The lowest BCUT2D eigenvalue weighted by atomic mass is 10.2. The summed E-state index contributed by atoms with van der Waals surface area (Å²) in [5.41, 5.74) is 7.13. The number of rotatable bonds is 2. The first-order chi connectivity index (χ1) is 18.6. The van der Waals surface area contributed by atoms with Crippen LogP contribution in [0, 0.1) is 20.5 Å². The summed E-state index contributed by atoms with van der Waals surface area (Å²) in [5, 5.41) is 0. The van der Waals surface area contributed by atoms with Crippen molar-refractivity contribution in [2.24, 2.45) is 0 Å². The molecule has 0 aliphatic heterocycles. The van der Waals surface area contributed by atoms with Gasteiger partial charge in [0, 0.05) is 0 Å². The van der Waals surface area contributed by atoms with E-state index in [1.54, 1.807) is 0 Å². The summed E-state index contributed by atoms with van der Waals surface area (Å²) in [6.07, 6.45) is 4.29. The first-order valence-corrected chi connectivity index (χ1v) is 13.8. The Morgan fingerprint density at radius 2 is 0.825 bits per heavy atom. The SMILES string of the molecule is CN(C)c1n2c3ccccc3n3c(N(C)C)[n+]4ccccc4c3c2c2cccc[n+]12.[O-][Cl+3]([O-])([O-])[O-].[O-][Cl+3]([O-])([O-])[O-]. The van der Waals surface area contributed by atoms with Crippen LogP contribution in [0.25, 0.3) is 33.1 Å². The standard InChI is InChI=1S/C24H24N6.2ClHO4/c1-25(2)23-27-15-9-7-13-19(27)21-22-20-14-8-10-16-28(20)24(26(3)4)30(22)18-12-6-5-11-17(18)29(21)23;2*2-1(3,4)5/h5-16H,1-4H3;2*(H,2,3,4,5)/q+2;;/p-2. The van der Waals surface area contributed by atoms with E-state index < -0.39 is 20.5 Å². The lowest BCUT2D eigenvalue weighted by Gasteiger charge is -2.17. The maximum absolute atomic E-state index is 8.49. The molecule has 0 unspecified atom stereocenters. The fourth-order valence-electron chi connectivity index (χ4n) is 4.85. The van der Waals surface area contributed by atoms with Crippen molar-refractivity contribution in [2.75, 3.05) is 38.0 Å². The molecule has 1 aromatic carbocycles. The first kappa shape index (κ1) is 29.4. The molecule has 16 heteroatoms. The number of hydrogen-bond donors (Lipinski definition) is 0. The van der Waals surface area contributed by atoms with Gasteiger partial charge in [-0.15, -0.1) is 20.5 Å². The minimum atomic E-state index is -4.94. The third kappa shape index (κ3) is 5.81. The second kappa shape index (κ2) is 10.8. The Morgan fingerprint density at radius 3 is 1.12 bits per heavy atom. The molecule has 5 heterocycles. The number of pyridine rings is 2. The van der Waals surface area contributed by atoms with Crippen molar-refractivity contribution >= 4 is 45.0 Å². The summed E-state index contributed by atoms with van der Waals surface area (Å²) in [4.78, 5) is 4.38. The summed E-state index contributed by atoms with van der Waals surface area (Å²) in [7, 11) is -1.46. The molecule has 5 aromatic heterocycles. The Morgan fingerprint density at radius 1 is 0.525 bits per heavy atom. The number of aromatic nitrogens is 4. The molecule has 0 amide bonds. The fourth-order valence-corrected chi connectivity index (χ4v) is 4.85. The van der Waals surface area contributed by atoms with Gasteiger partial charge in [-0.1, -0.05) is 24.3 Å². The van der Waals surface area contributed by atoms with E-state index in [4.69, 9.17) is 37.3 Å². The molecule has 0 aliphatic carbocycles. The van der Waals surface area contributed by atoms with Crippen LogP contribution in [0.3, 0.4) is 0 Å². The number of hydrogen-bond acceptors (Lipinski definition) is 10. The fraction of sp³-hybridized carbons (Fsp3) is 0.167. The summed E-state index contributed by atoms with van der Waals surface area (Å²) in [6.45, 7) is 0. The minimum absolute atomic E-state index is 1.13. The highest BCUT2D eigenvalue weighted by Gasteiger charge is 2.32. The van der Waals surface area contributed by atoms with Crippen LogP contribution >= 0.6 is 0 Å². The monoisotopic (exact) mass is 594 g/mol. The smallest absolute Gasteiger partial charge is 0.269 e. The first-order valence-electron chi connectivity index (χ1n) is 11.4. The van der Waals surface area contributed by atoms with Gasteiger partial charge in [-0.05, 0) is 36.4 Å². The Labute approximate surface area is 231 Å². The molecule has 0 fully saturated rings. The molecule has 0 spiro atoms. The van der Waals surface area contributed by atoms with E-state index in [-0.39, 0.29) is 0 Å². The van der Waals surface area contributed by atoms with Crippen molar-refractivity contribution in [2.45, 2.75) is 0 Å². The van der Waals surface area contributed by atoms with E-state index >= 15 is 0 Å². The molecule has 0 saturated carbocycles. The highest BCUT2D eigenvalue weighted by Crippen LogP contribution is 2.33. The Hall–Kier alpha value is -3.54. The number of anilines is 2. The van der Waals surface area contributed by atoms with E-state index in [0.717, 1.165) is 11.9 Å². The van der Waals surface area contributed by atoms with Crippen LogP contribution in [0.2, 0.25) is 0 Å². The van der Waals surface area contributed by atoms with Crippen LogP contribution in [0.4, 0.5) is 11.9 Å². The number of imidazole rings is 2. The summed E-state index contributed by atoms with van der Waals surface area (Å²) in [6, 6.07) is 21.5. The molecule has 0 bridgehead atoms. The molecule has 0 radical (unpaired) electrons. The molecular formula is C24H24Cl2N6O8. The number of nitrogens with zero attached hydrogens (tertiary/aromatic N) is 6. The lowest BCUT2D eigenvalue weighted by molar-refractivity contribution is -2.00. The highest BCUT2D eigenvalue weighted by atomic mass is 35.7. The van der Waals surface area contributed by atoms with E-state index in [2.05, 4.69) is 129 Å². The number of para-hydroxylation sites is 2. The second-order valence-electron chi connectivity index (χ2n) is 8.91. The van der Waals surface area contributed by atoms with Crippen molar-refractivity contribution in [3.63, 3.8) is 0 Å². The number of fused-ring (bicyclic) bond motifs is 10. The Kier molecular flexibility index (Phi) is 7.94. The van der Waals surface area contributed by atoms with E-state index in [1.165, 1.54) is 33.1 Å². The normalized spacial score (nSPS) is 12.0. The van der Waals surface area contributed by atoms with Gasteiger partial charge < -0.3 is 0 Å². The van der Waals surface area contributed by atoms with E-state index in [0.29, 0.717) is 0 Å². The van der Waals surface area contributed by atoms with Gasteiger partial charge in [0.25, 0.3) is 0 Å². The van der Waals surface area contributed by atoms with Crippen LogP contribution < -0.4 is 55.9 Å². The summed E-state index contributed by atoms with van der Waals surface area (Å²) in [5.74, 6) is 2.25. The molecule has 0 N–H and O–H groups in total. The molecule has 14 nitrogen and oxygen atoms in total. The molecule has 6 aromatic rings. The summed E-state index contributed by atoms with van der Waals surface area (Å²) >= 11 is 0. The number of halogens is 2. The molecule has 0 aliphatic rings. The van der Waals surface area contributed by atoms with Crippen molar-refractivity contribution in [1.29, 1.82) is 0 Å². The zero-order valence-corrected chi connectivity index (χ0v) is 23.1. The van der Waals surface area contributed by atoms with Crippen LogP contribution in [0.1, 0.15) is 0 Å². The quantitative estimate of drug-likeness (QED) is 0.173. The van der Waals surface area contributed by atoms with E-state index in [9.17, 15) is 0 Å². The molecule has 212 valence electrons. The molecular weight excluding hydrogens is 571 g/mol. The van der Waals surface area contributed by atoms with Gasteiger partial charge in [-0.25, -0.2) is 46.1 Å². The van der Waals surface area contributed by atoms with E-state index in [1.807, 2.05) is 0 Å². The summed E-state index contributed by atoms with van der Waals surface area (Å²) < 4.78 is 77.3. The van der Waals surface area contributed by atoms with Crippen LogP contribution in [0.15, 0.2) is 73.1 Å². The Bertz CT molecular complexity index is 1680. The molecule has 0 atom stereocenters. The van der Waals surface area contributed by atoms with Gasteiger partial charge in [-0.2, -0.15) is 8.80 Å². The van der Waals surface area contributed by atoms with Gasteiger partial charge in [0.2, 0.25) is 0 Å². The largest absolute Gasteiger partial charge is 0.370 e. The zero-order valence-electron chi connectivity index (χ0n) is 21.6. The van der Waals surface area contributed by atoms with Crippen LogP contribution in [-0.2, 0) is 0 Å². The van der Waals surface area contributed by atoms with Crippen molar-refractivity contribution in [3.8, 4) is 0 Å². The van der Waals surface area contributed by atoms with Crippen molar-refractivity contribution in [3.05, 3.63) is 73.1 Å². The predicted molar refractivity (Wildman–Crippen MR) is 121 cm³/mol. The maximum Gasteiger partial charge on any atom is 0.370 e. The lowest BCUT2D eigenvalue weighted by Crippen LogP contribution is -2.68. The average molecular weight is 595 g/mol. The molecule has 0 saturated heterocycles. The molecule has 6 rings (SSSR count). The highest BCUT2D eigenvalue weighted by molar-refractivity contribution is 6.03. The number of benzene rings is 1. The van der Waals surface area contributed by atoms with Crippen LogP contribution in [-0.4, -0.2) is 37.0 Å². The topological polar surface area (TPSA) is 208 Å². The third-order valence-electron chi connectivity index (χ3n) is 5.87. The van der Waals surface area contributed by atoms with Gasteiger partial charge in [-0.3, -0.25) is 9.80 Å². The Balaban J connectivity index is 0.000000321. The van der Waals surface area contributed by atoms with Crippen molar-refractivity contribution in [1.82, 2.24) is 8.80 Å². The van der Waals surface area contributed by atoms with Gasteiger partial charge in [0.15, 0.2) is 22.1 Å². The average Bonchev–Trinajstić information content (AvgIpc) is 3.36. The third-order valence-corrected chi connectivity index (χ3v) is 5.87. The van der Waals surface area contributed by atoms with Crippen molar-refractivity contribution < 1.29 is 66.6 Å². The predicted octanol–water partition coefficient (Wildman–Crippen LogP) is -6.56. The molecule has 40 heavy (non-hydrogen) atoms. The van der Waals surface area contributed by atoms with Gasteiger partial charge in [0.1, 0.15) is 11.0 Å². The van der Waals surface area contributed by atoms with Gasteiger partial charge in [0.05, 0.1) is 40.6 Å². The maximum atomic E-state index is 8.49.